The van der Waals surface area contributed by atoms with Gasteiger partial charge in [0, 0.05) is 18.8 Å². The lowest BCUT2D eigenvalue weighted by Gasteiger charge is -2.21. The minimum Gasteiger partial charge on any atom is -0.389 e. The number of amides is 2. The van der Waals surface area contributed by atoms with Crippen LogP contribution in [0.4, 0.5) is 10.5 Å². The van der Waals surface area contributed by atoms with Crippen LogP contribution in [0.15, 0.2) is 24.3 Å². The third-order valence-corrected chi connectivity index (χ3v) is 2.74. The maximum atomic E-state index is 11.7. The fourth-order valence-corrected chi connectivity index (χ4v) is 1.29. The highest BCUT2D eigenvalue weighted by molar-refractivity contribution is 5.89. The van der Waals surface area contributed by atoms with E-state index in [2.05, 4.69) is 5.32 Å². The second-order valence-corrected chi connectivity index (χ2v) is 4.43. The summed E-state index contributed by atoms with van der Waals surface area (Å²) in [5.41, 5.74) is 1.56. The number of nitrogens with zero attached hydrogens (tertiary/aromatic N) is 1. The van der Waals surface area contributed by atoms with Gasteiger partial charge < -0.3 is 15.3 Å². The monoisotopic (exact) mass is 236 g/mol. The Bertz CT molecular complexity index is 372. The third kappa shape index (κ3) is 3.75. The maximum Gasteiger partial charge on any atom is 0.321 e. The van der Waals surface area contributed by atoms with E-state index >= 15 is 0 Å². The molecule has 0 aliphatic rings. The molecule has 1 unspecified atom stereocenters. The molecule has 0 heterocycles. The molecule has 1 rings (SSSR count). The first-order valence-corrected chi connectivity index (χ1v) is 5.73. The summed E-state index contributed by atoms with van der Waals surface area (Å²) < 4.78 is 0. The fourth-order valence-electron chi connectivity index (χ4n) is 1.29. The summed E-state index contributed by atoms with van der Waals surface area (Å²) in [7, 11) is 1.75. The number of aliphatic hydroxyl groups excluding tert-OH is 1. The Morgan fingerprint density at radius 2 is 1.76 bits per heavy atom. The summed E-state index contributed by atoms with van der Waals surface area (Å²) in [6, 6.07) is 7.20. The van der Waals surface area contributed by atoms with E-state index in [1.807, 2.05) is 13.8 Å². The zero-order valence-electron chi connectivity index (χ0n) is 10.8. The van der Waals surface area contributed by atoms with Crippen molar-refractivity contribution in [3.05, 3.63) is 29.8 Å². The Morgan fingerprint density at radius 1 is 1.24 bits per heavy atom. The predicted molar refractivity (Wildman–Crippen MR) is 69.0 cm³/mol. The molecule has 1 atom stereocenters. The van der Waals surface area contributed by atoms with Crippen molar-refractivity contribution in [2.45, 2.75) is 32.9 Å². The first-order chi connectivity index (χ1) is 7.91. The van der Waals surface area contributed by atoms with E-state index < -0.39 is 6.10 Å². The van der Waals surface area contributed by atoms with Gasteiger partial charge in [-0.3, -0.25) is 0 Å². The van der Waals surface area contributed by atoms with Crippen molar-refractivity contribution in [1.82, 2.24) is 4.90 Å². The second kappa shape index (κ2) is 5.68. The van der Waals surface area contributed by atoms with Crippen molar-refractivity contribution in [1.29, 1.82) is 0 Å². The van der Waals surface area contributed by atoms with E-state index in [9.17, 15) is 9.90 Å². The number of aliphatic hydroxyl groups is 1. The molecule has 0 spiro atoms. The molecular formula is C13H20N2O2. The molecule has 0 aliphatic carbocycles. The van der Waals surface area contributed by atoms with Crippen LogP contribution in [-0.2, 0) is 0 Å². The number of carbonyl (C=O) groups excluding carboxylic acids is 1. The molecule has 0 fully saturated rings. The van der Waals surface area contributed by atoms with E-state index in [0.717, 1.165) is 11.3 Å². The molecule has 0 aromatic heterocycles. The number of urea groups is 1. The van der Waals surface area contributed by atoms with Crippen molar-refractivity contribution in [2.75, 3.05) is 12.4 Å². The van der Waals surface area contributed by atoms with Crippen molar-refractivity contribution >= 4 is 11.7 Å². The Labute approximate surface area is 102 Å². The molecule has 2 amide bonds. The average molecular weight is 236 g/mol. The summed E-state index contributed by atoms with van der Waals surface area (Å²) in [5.74, 6) is 0. The molecule has 1 aromatic carbocycles. The van der Waals surface area contributed by atoms with Crippen LogP contribution >= 0.6 is 0 Å². The Hall–Kier alpha value is -1.55. The molecule has 4 nitrogen and oxygen atoms in total. The van der Waals surface area contributed by atoms with Crippen LogP contribution < -0.4 is 5.32 Å². The van der Waals surface area contributed by atoms with Crippen molar-refractivity contribution < 1.29 is 9.90 Å². The highest BCUT2D eigenvalue weighted by atomic mass is 16.3. The molecule has 4 heteroatoms. The van der Waals surface area contributed by atoms with Gasteiger partial charge in [0.15, 0.2) is 0 Å². The van der Waals surface area contributed by atoms with Gasteiger partial charge in [-0.15, -0.1) is 0 Å². The number of hydrogen-bond acceptors (Lipinski definition) is 2. The van der Waals surface area contributed by atoms with Gasteiger partial charge in [-0.2, -0.15) is 0 Å². The smallest absolute Gasteiger partial charge is 0.321 e. The van der Waals surface area contributed by atoms with Gasteiger partial charge in [0.2, 0.25) is 0 Å². The highest BCUT2D eigenvalue weighted by Crippen LogP contribution is 2.16. The standard InChI is InChI=1S/C13H20N2O2/c1-9(2)15(4)13(17)14-12-7-5-11(6-8-12)10(3)16/h5-10,16H,1-4H3,(H,14,17). The Balaban J connectivity index is 2.66. The summed E-state index contributed by atoms with van der Waals surface area (Å²) >= 11 is 0. The van der Waals surface area contributed by atoms with Gasteiger partial charge in [0.25, 0.3) is 0 Å². The average Bonchev–Trinajstić information content (AvgIpc) is 2.28. The molecule has 94 valence electrons. The topological polar surface area (TPSA) is 52.6 Å². The maximum absolute atomic E-state index is 11.7. The lowest BCUT2D eigenvalue weighted by Crippen LogP contribution is -2.36. The fraction of sp³-hybridized carbons (Fsp3) is 0.462. The lowest BCUT2D eigenvalue weighted by molar-refractivity contribution is 0.199. The summed E-state index contributed by atoms with van der Waals surface area (Å²) in [6.45, 7) is 5.62. The molecule has 0 radical (unpaired) electrons. The molecule has 0 aliphatic heterocycles. The Kier molecular flexibility index (Phi) is 4.52. The summed E-state index contributed by atoms with van der Waals surface area (Å²) in [5, 5.41) is 12.2. The van der Waals surface area contributed by atoms with Crippen LogP contribution in [0.3, 0.4) is 0 Å². The second-order valence-electron chi connectivity index (χ2n) is 4.43. The van der Waals surface area contributed by atoms with E-state index in [1.54, 1.807) is 43.1 Å². The lowest BCUT2D eigenvalue weighted by atomic mass is 10.1. The van der Waals surface area contributed by atoms with E-state index in [-0.39, 0.29) is 12.1 Å². The number of carbonyl (C=O) groups is 1. The molecule has 2 N–H and O–H groups in total. The number of hydrogen-bond donors (Lipinski definition) is 2. The minimum absolute atomic E-state index is 0.134. The van der Waals surface area contributed by atoms with Gasteiger partial charge in [0.1, 0.15) is 0 Å². The van der Waals surface area contributed by atoms with Gasteiger partial charge in [-0.1, -0.05) is 12.1 Å². The normalized spacial score (nSPS) is 12.4. The van der Waals surface area contributed by atoms with Crippen LogP contribution in [0.2, 0.25) is 0 Å². The first kappa shape index (κ1) is 13.5. The molecular weight excluding hydrogens is 216 g/mol. The minimum atomic E-state index is -0.488. The largest absolute Gasteiger partial charge is 0.389 e. The number of benzene rings is 1. The molecule has 1 aromatic rings. The van der Waals surface area contributed by atoms with Crippen LogP contribution in [0, 0.1) is 0 Å². The van der Waals surface area contributed by atoms with Crippen LogP contribution in [0.25, 0.3) is 0 Å². The van der Waals surface area contributed by atoms with Gasteiger partial charge in [-0.25, -0.2) is 4.79 Å². The van der Waals surface area contributed by atoms with Gasteiger partial charge in [0.05, 0.1) is 6.10 Å². The summed E-state index contributed by atoms with van der Waals surface area (Å²) in [4.78, 5) is 13.4. The Morgan fingerprint density at radius 3 is 2.18 bits per heavy atom. The zero-order valence-corrected chi connectivity index (χ0v) is 10.8. The van der Waals surface area contributed by atoms with Crippen LogP contribution in [0.5, 0.6) is 0 Å². The highest BCUT2D eigenvalue weighted by Gasteiger charge is 2.11. The van der Waals surface area contributed by atoms with Gasteiger partial charge >= 0.3 is 6.03 Å². The van der Waals surface area contributed by atoms with Crippen molar-refractivity contribution in [3.63, 3.8) is 0 Å². The van der Waals surface area contributed by atoms with E-state index in [4.69, 9.17) is 0 Å². The van der Waals surface area contributed by atoms with E-state index in [1.165, 1.54) is 0 Å². The number of nitrogens with one attached hydrogen (secondary N) is 1. The van der Waals surface area contributed by atoms with Crippen LogP contribution in [-0.4, -0.2) is 29.1 Å². The predicted octanol–water partition coefficient (Wildman–Crippen LogP) is 2.61. The molecule has 0 bridgehead atoms. The first-order valence-electron chi connectivity index (χ1n) is 5.73. The SMILES string of the molecule is CC(O)c1ccc(NC(=O)N(C)C(C)C)cc1. The number of anilines is 1. The third-order valence-electron chi connectivity index (χ3n) is 2.74. The molecule has 0 saturated carbocycles. The zero-order chi connectivity index (χ0) is 13.0. The molecule has 17 heavy (non-hydrogen) atoms. The summed E-state index contributed by atoms with van der Waals surface area (Å²) in [6.07, 6.45) is -0.488. The van der Waals surface area contributed by atoms with Crippen molar-refractivity contribution in [2.24, 2.45) is 0 Å². The van der Waals surface area contributed by atoms with Crippen LogP contribution in [0.1, 0.15) is 32.4 Å². The number of rotatable bonds is 3. The quantitative estimate of drug-likeness (QED) is 0.847. The van der Waals surface area contributed by atoms with Crippen molar-refractivity contribution in [3.8, 4) is 0 Å². The van der Waals surface area contributed by atoms with E-state index in [0.29, 0.717) is 0 Å². The van der Waals surface area contributed by atoms with Gasteiger partial charge in [-0.05, 0) is 38.5 Å². The molecule has 0 saturated heterocycles.